The van der Waals surface area contributed by atoms with Gasteiger partial charge in [-0.05, 0) is 24.3 Å². The molecule has 0 amide bonds. The van der Waals surface area contributed by atoms with E-state index >= 15 is 0 Å². The second-order valence-corrected chi connectivity index (χ2v) is 8.17. The van der Waals surface area contributed by atoms with Crippen molar-refractivity contribution < 1.29 is 9.47 Å². The molecule has 0 bridgehead atoms. The van der Waals surface area contributed by atoms with Crippen LogP contribution in [0.4, 0.5) is 17.3 Å². The van der Waals surface area contributed by atoms with Crippen molar-refractivity contribution in [2.45, 2.75) is 0 Å². The number of pyridine rings is 1. The van der Waals surface area contributed by atoms with Crippen LogP contribution in [0.1, 0.15) is 0 Å². The van der Waals surface area contributed by atoms with Gasteiger partial charge in [-0.25, -0.2) is 20.3 Å². The van der Waals surface area contributed by atoms with Crippen LogP contribution >= 0.6 is 11.6 Å². The summed E-state index contributed by atoms with van der Waals surface area (Å²) in [6.45, 7) is 4.39. The Morgan fingerprint density at radius 3 is 2.79 bits per heavy atom. The van der Waals surface area contributed by atoms with Gasteiger partial charge >= 0.3 is 0 Å². The molecule has 5 rings (SSSR count). The molecule has 1 N–H and O–H groups in total. The monoisotopic (exact) mass is 478 g/mol. The summed E-state index contributed by atoms with van der Waals surface area (Å²) in [4.78, 5) is 15.8. The molecule has 1 radical (unpaired) electrons. The first-order chi connectivity index (χ1) is 16.7. The third kappa shape index (κ3) is 4.77. The van der Waals surface area contributed by atoms with Crippen LogP contribution in [-0.4, -0.2) is 65.9 Å². The molecule has 0 saturated carbocycles. The maximum atomic E-state index is 6.47. The number of methoxy groups -OCH3 is 1. The number of aromatic nitrogens is 4. The summed E-state index contributed by atoms with van der Waals surface area (Å²) < 4.78 is 13.1. The van der Waals surface area contributed by atoms with Crippen molar-refractivity contribution in [2.24, 2.45) is 0 Å². The molecule has 1 aliphatic rings. The van der Waals surface area contributed by atoms with Crippen molar-refractivity contribution in [1.29, 1.82) is 0 Å². The minimum Gasteiger partial charge on any atom is -0.489 e. The van der Waals surface area contributed by atoms with E-state index in [0.29, 0.717) is 35.6 Å². The number of hydrogen-bond donors (Lipinski definition) is 1. The first-order valence-electron chi connectivity index (χ1n) is 11.1. The molecule has 1 saturated heterocycles. The van der Waals surface area contributed by atoms with E-state index in [-0.39, 0.29) is 0 Å². The molecule has 0 atom stereocenters. The number of nitrogens with one attached hydrogen (secondary N) is 1. The largest absolute Gasteiger partial charge is 0.489 e. The van der Waals surface area contributed by atoms with Gasteiger partial charge in [0.15, 0.2) is 0 Å². The van der Waals surface area contributed by atoms with E-state index < -0.39 is 0 Å². The summed E-state index contributed by atoms with van der Waals surface area (Å²) in [5.74, 6) is 1.11. The van der Waals surface area contributed by atoms with Gasteiger partial charge < -0.3 is 19.7 Å². The molecule has 0 unspecified atom stereocenters. The second-order valence-electron chi connectivity index (χ2n) is 7.77. The molecule has 1 aromatic carbocycles. The van der Waals surface area contributed by atoms with E-state index in [1.54, 1.807) is 19.5 Å². The Balaban J connectivity index is 1.45. The van der Waals surface area contributed by atoms with E-state index in [1.165, 1.54) is 0 Å². The zero-order chi connectivity index (χ0) is 23.3. The van der Waals surface area contributed by atoms with Crippen LogP contribution in [0.3, 0.4) is 0 Å². The molecular formula is C24H25ClN7O2. The average molecular weight is 479 g/mol. The lowest BCUT2D eigenvalue weighted by Crippen LogP contribution is -2.40. The average Bonchev–Trinajstić information content (AvgIpc) is 3.31. The number of anilines is 3. The van der Waals surface area contributed by atoms with Gasteiger partial charge in [-0.1, -0.05) is 17.7 Å². The summed E-state index contributed by atoms with van der Waals surface area (Å²) in [5.41, 5.74) is 4.04. The fourth-order valence-electron chi connectivity index (χ4n) is 3.87. The van der Waals surface area contributed by atoms with Crippen LogP contribution in [-0.2, 0) is 4.74 Å². The predicted octanol–water partition coefficient (Wildman–Crippen LogP) is 3.64. The number of fused-ring (bicyclic) bond motifs is 1. The number of benzene rings is 1. The number of rotatable bonds is 8. The fourth-order valence-corrected chi connectivity index (χ4v) is 4.05. The minimum absolute atomic E-state index is 0.409. The SMILES string of the molecule is COCCOc1cc(N2CC[N]CC2)ccc1Nc1ncc(Cl)c(-c2cnc3ccccn23)n1. The summed E-state index contributed by atoms with van der Waals surface area (Å²) in [5, 5.41) is 8.17. The number of piperazine rings is 1. The van der Waals surface area contributed by atoms with Crippen molar-refractivity contribution in [1.82, 2.24) is 24.7 Å². The normalized spacial score (nSPS) is 13.9. The topological polar surface area (TPSA) is 90.9 Å². The molecule has 34 heavy (non-hydrogen) atoms. The third-order valence-electron chi connectivity index (χ3n) is 5.58. The zero-order valence-corrected chi connectivity index (χ0v) is 19.6. The smallest absolute Gasteiger partial charge is 0.227 e. The van der Waals surface area contributed by atoms with Crippen molar-refractivity contribution in [3.05, 3.63) is 60.0 Å². The molecule has 3 aromatic heterocycles. The molecule has 9 nitrogen and oxygen atoms in total. The third-order valence-corrected chi connectivity index (χ3v) is 5.86. The maximum Gasteiger partial charge on any atom is 0.227 e. The highest BCUT2D eigenvalue weighted by molar-refractivity contribution is 6.32. The fraction of sp³-hybridized carbons (Fsp3) is 0.292. The van der Waals surface area contributed by atoms with Crippen LogP contribution in [0, 0.1) is 0 Å². The van der Waals surface area contributed by atoms with E-state index in [0.717, 1.165) is 48.9 Å². The van der Waals surface area contributed by atoms with E-state index in [4.69, 9.17) is 26.1 Å². The summed E-state index contributed by atoms with van der Waals surface area (Å²) in [6, 6.07) is 11.9. The van der Waals surface area contributed by atoms with Crippen molar-refractivity contribution in [3.63, 3.8) is 0 Å². The van der Waals surface area contributed by atoms with Crippen molar-refractivity contribution in [2.75, 3.05) is 56.7 Å². The Labute approximate surface area is 202 Å². The lowest BCUT2D eigenvalue weighted by molar-refractivity contribution is 0.146. The molecule has 0 spiro atoms. The van der Waals surface area contributed by atoms with Gasteiger partial charge in [0.25, 0.3) is 0 Å². The molecule has 1 fully saturated rings. The highest BCUT2D eigenvalue weighted by atomic mass is 35.5. The highest BCUT2D eigenvalue weighted by Crippen LogP contribution is 2.33. The first kappa shape index (κ1) is 22.4. The summed E-state index contributed by atoms with van der Waals surface area (Å²) in [6.07, 6.45) is 5.27. The highest BCUT2D eigenvalue weighted by Gasteiger charge is 2.16. The van der Waals surface area contributed by atoms with Gasteiger partial charge in [0, 0.05) is 51.2 Å². The molecule has 4 heterocycles. The summed E-state index contributed by atoms with van der Waals surface area (Å²) in [7, 11) is 1.65. The molecule has 4 aromatic rings. The zero-order valence-electron chi connectivity index (χ0n) is 18.8. The molecule has 175 valence electrons. The number of nitrogens with zero attached hydrogens (tertiary/aromatic N) is 6. The van der Waals surface area contributed by atoms with Gasteiger partial charge in [-0.15, -0.1) is 0 Å². The first-order valence-corrected chi connectivity index (χ1v) is 11.5. The molecular weight excluding hydrogens is 454 g/mol. The van der Waals surface area contributed by atoms with Gasteiger partial charge in [0.1, 0.15) is 23.7 Å². The van der Waals surface area contributed by atoms with Crippen LogP contribution < -0.4 is 20.3 Å². The van der Waals surface area contributed by atoms with Crippen molar-refractivity contribution in [3.8, 4) is 17.1 Å². The van der Waals surface area contributed by atoms with Crippen LogP contribution in [0.15, 0.2) is 55.0 Å². The van der Waals surface area contributed by atoms with Gasteiger partial charge in [-0.2, -0.15) is 0 Å². The van der Waals surface area contributed by atoms with Gasteiger partial charge in [-0.3, -0.25) is 4.40 Å². The minimum atomic E-state index is 0.409. The maximum absolute atomic E-state index is 6.47. The number of ether oxygens (including phenoxy) is 2. The standard InChI is InChI=1S/C24H25ClN7O2/c1-33-12-13-34-21-14-17(31-10-7-26-8-11-31)5-6-19(21)29-24-28-15-18(25)23(30-24)20-16-27-22-4-2-3-9-32(20)22/h2-6,9,14-16H,7-8,10-13H2,1H3,(H,28,29,30). The Morgan fingerprint density at radius 2 is 1.94 bits per heavy atom. The Morgan fingerprint density at radius 1 is 1.06 bits per heavy atom. The molecule has 10 heteroatoms. The van der Waals surface area contributed by atoms with Gasteiger partial charge in [0.2, 0.25) is 5.95 Å². The van der Waals surface area contributed by atoms with E-state index in [2.05, 4.69) is 31.6 Å². The Bertz CT molecular complexity index is 1270. The van der Waals surface area contributed by atoms with Crippen LogP contribution in [0.25, 0.3) is 17.0 Å². The Hall–Kier alpha value is -3.40. The number of halogens is 1. The summed E-state index contributed by atoms with van der Waals surface area (Å²) >= 11 is 6.47. The number of imidazole rings is 1. The van der Waals surface area contributed by atoms with Gasteiger partial charge in [0.05, 0.1) is 35.4 Å². The molecule has 1 aliphatic heterocycles. The molecule has 0 aliphatic carbocycles. The quantitative estimate of drug-likeness (QED) is 0.386. The predicted molar refractivity (Wildman–Crippen MR) is 132 cm³/mol. The second kappa shape index (κ2) is 10.3. The van der Waals surface area contributed by atoms with Crippen molar-refractivity contribution >= 4 is 34.6 Å². The number of hydrogen-bond acceptors (Lipinski definition) is 7. The lowest BCUT2D eigenvalue weighted by atomic mass is 10.2. The van der Waals surface area contributed by atoms with E-state index in [9.17, 15) is 0 Å². The van der Waals surface area contributed by atoms with E-state index in [1.807, 2.05) is 40.9 Å². The van der Waals surface area contributed by atoms with Crippen LogP contribution in [0.5, 0.6) is 5.75 Å². The lowest BCUT2D eigenvalue weighted by Gasteiger charge is -2.29. The Kier molecular flexibility index (Phi) is 6.75. The van der Waals surface area contributed by atoms with Crippen LogP contribution in [0.2, 0.25) is 5.02 Å².